The van der Waals surface area contributed by atoms with Crippen LogP contribution in [0, 0.1) is 5.82 Å². The summed E-state index contributed by atoms with van der Waals surface area (Å²) in [6.45, 7) is 1.66. The zero-order valence-electron chi connectivity index (χ0n) is 10.3. The third kappa shape index (κ3) is 3.27. The van der Waals surface area contributed by atoms with Crippen molar-refractivity contribution in [2.24, 2.45) is 0 Å². The average Bonchev–Trinajstić information content (AvgIpc) is 2.35. The van der Waals surface area contributed by atoms with Crippen molar-refractivity contribution in [3.63, 3.8) is 0 Å². The van der Waals surface area contributed by atoms with Gasteiger partial charge in [0, 0.05) is 11.4 Å². The van der Waals surface area contributed by atoms with Crippen LogP contribution in [-0.4, -0.2) is 5.11 Å². The van der Waals surface area contributed by atoms with E-state index in [0.717, 1.165) is 0 Å². The molecule has 2 aromatic carbocycles. The molecule has 1 unspecified atom stereocenters. The van der Waals surface area contributed by atoms with Gasteiger partial charge < -0.3 is 5.11 Å². The van der Waals surface area contributed by atoms with E-state index in [4.69, 9.17) is 23.2 Å². The molecule has 4 heteroatoms. The first-order valence-corrected chi connectivity index (χ1v) is 6.57. The van der Waals surface area contributed by atoms with Crippen LogP contribution in [-0.2, 0) is 12.0 Å². The van der Waals surface area contributed by atoms with Crippen LogP contribution in [0.2, 0.25) is 10.0 Å². The third-order valence-electron chi connectivity index (χ3n) is 3.03. The molecule has 0 saturated carbocycles. The summed E-state index contributed by atoms with van der Waals surface area (Å²) in [5, 5.41) is 11.2. The second-order valence-corrected chi connectivity index (χ2v) is 5.48. The molecule has 0 heterocycles. The molecule has 100 valence electrons. The summed E-state index contributed by atoms with van der Waals surface area (Å²) < 4.78 is 13.4. The number of rotatable bonds is 3. The molecule has 0 bridgehead atoms. The van der Waals surface area contributed by atoms with Crippen LogP contribution in [0.1, 0.15) is 18.1 Å². The topological polar surface area (TPSA) is 20.2 Å². The van der Waals surface area contributed by atoms with E-state index in [-0.39, 0.29) is 11.4 Å². The van der Waals surface area contributed by atoms with Crippen molar-refractivity contribution in [2.75, 3.05) is 0 Å². The van der Waals surface area contributed by atoms with E-state index in [9.17, 15) is 9.50 Å². The standard InChI is InChI=1S/C15H13Cl2FO/c1-15(19,11-5-7-12(16)8-6-11)9-10-3-2-4-13(18)14(10)17/h2-8,19H,9H2,1H3. The van der Waals surface area contributed by atoms with Crippen molar-refractivity contribution >= 4 is 23.2 Å². The molecule has 0 aromatic heterocycles. The maximum absolute atomic E-state index is 13.4. The molecule has 1 nitrogen and oxygen atoms in total. The Kier molecular flexibility index (Phi) is 4.14. The first-order valence-electron chi connectivity index (χ1n) is 5.81. The highest BCUT2D eigenvalue weighted by atomic mass is 35.5. The Labute approximate surface area is 121 Å². The van der Waals surface area contributed by atoms with Crippen LogP contribution in [0.5, 0.6) is 0 Å². The number of benzene rings is 2. The molecule has 2 aromatic rings. The SMILES string of the molecule is CC(O)(Cc1cccc(F)c1Cl)c1ccc(Cl)cc1. The molecule has 19 heavy (non-hydrogen) atoms. The van der Waals surface area contributed by atoms with Gasteiger partial charge in [0.15, 0.2) is 0 Å². The molecule has 0 amide bonds. The van der Waals surface area contributed by atoms with Crippen LogP contribution in [0.4, 0.5) is 4.39 Å². The fraction of sp³-hybridized carbons (Fsp3) is 0.200. The van der Waals surface area contributed by atoms with Crippen molar-refractivity contribution in [1.29, 1.82) is 0 Å². The lowest BCUT2D eigenvalue weighted by atomic mass is 9.89. The van der Waals surface area contributed by atoms with E-state index < -0.39 is 11.4 Å². The Morgan fingerprint density at radius 3 is 2.37 bits per heavy atom. The molecule has 0 saturated heterocycles. The van der Waals surface area contributed by atoms with Crippen molar-refractivity contribution in [2.45, 2.75) is 18.9 Å². The van der Waals surface area contributed by atoms with E-state index >= 15 is 0 Å². The number of hydrogen-bond acceptors (Lipinski definition) is 1. The molecular weight excluding hydrogens is 286 g/mol. The van der Waals surface area contributed by atoms with Crippen molar-refractivity contribution in [3.05, 3.63) is 69.5 Å². The minimum absolute atomic E-state index is 0.0525. The molecule has 1 atom stereocenters. The Hall–Kier alpha value is -1.09. The zero-order valence-corrected chi connectivity index (χ0v) is 11.8. The molecule has 2 rings (SSSR count). The second kappa shape index (κ2) is 5.49. The highest BCUT2D eigenvalue weighted by molar-refractivity contribution is 6.31. The fourth-order valence-electron chi connectivity index (χ4n) is 1.97. The smallest absolute Gasteiger partial charge is 0.142 e. The van der Waals surface area contributed by atoms with Gasteiger partial charge in [-0.15, -0.1) is 0 Å². The van der Waals surface area contributed by atoms with Gasteiger partial charge in [0.2, 0.25) is 0 Å². The largest absolute Gasteiger partial charge is 0.385 e. The average molecular weight is 299 g/mol. The predicted molar refractivity (Wildman–Crippen MR) is 76.1 cm³/mol. The third-order valence-corrected chi connectivity index (χ3v) is 3.71. The van der Waals surface area contributed by atoms with E-state index in [0.29, 0.717) is 16.1 Å². The van der Waals surface area contributed by atoms with Gasteiger partial charge in [-0.05, 0) is 36.2 Å². The van der Waals surface area contributed by atoms with Gasteiger partial charge in [0.05, 0.1) is 10.6 Å². The van der Waals surface area contributed by atoms with Crippen molar-refractivity contribution in [3.8, 4) is 0 Å². The van der Waals surface area contributed by atoms with Crippen molar-refractivity contribution < 1.29 is 9.50 Å². The Morgan fingerprint density at radius 1 is 1.11 bits per heavy atom. The van der Waals surface area contributed by atoms with Gasteiger partial charge in [-0.1, -0.05) is 47.5 Å². The first-order chi connectivity index (χ1) is 8.90. The number of aliphatic hydroxyl groups is 1. The molecule has 0 aliphatic rings. The van der Waals surface area contributed by atoms with Gasteiger partial charge in [-0.2, -0.15) is 0 Å². The Bertz CT molecular complexity index is 579. The quantitative estimate of drug-likeness (QED) is 0.879. The van der Waals surface area contributed by atoms with Gasteiger partial charge in [-0.3, -0.25) is 0 Å². The Morgan fingerprint density at radius 2 is 1.74 bits per heavy atom. The number of halogens is 3. The lowest BCUT2D eigenvalue weighted by molar-refractivity contribution is 0.0576. The molecular formula is C15H13Cl2FO. The molecule has 0 radical (unpaired) electrons. The summed E-state index contributed by atoms with van der Waals surface area (Å²) in [6.07, 6.45) is 0.227. The van der Waals surface area contributed by atoms with Gasteiger partial charge in [0.1, 0.15) is 5.82 Å². The van der Waals surface area contributed by atoms with Gasteiger partial charge in [-0.25, -0.2) is 4.39 Å². The van der Waals surface area contributed by atoms with Crippen LogP contribution in [0.25, 0.3) is 0 Å². The normalized spacial score (nSPS) is 14.2. The first kappa shape index (κ1) is 14.3. The van der Waals surface area contributed by atoms with Crippen LogP contribution < -0.4 is 0 Å². The van der Waals surface area contributed by atoms with E-state index in [1.54, 1.807) is 43.3 Å². The van der Waals surface area contributed by atoms with Crippen LogP contribution >= 0.6 is 23.2 Å². The molecule has 0 aliphatic carbocycles. The molecule has 1 N–H and O–H groups in total. The van der Waals surface area contributed by atoms with Gasteiger partial charge in [0.25, 0.3) is 0 Å². The lowest BCUT2D eigenvalue weighted by Crippen LogP contribution is -2.24. The maximum Gasteiger partial charge on any atom is 0.142 e. The summed E-state index contributed by atoms with van der Waals surface area (Å²) in [5.41, 5.74) is 0.140. The fourth-order valence-corrected chi connectivity index (χ4v) is 2.29. The second-order valence-electron chi connectivity index (χ2n) is 4.67. The molecule has 0 aliphatic heterocycles. The highest BCUT2D eigenvalue weighted by Crippen LogP contribution is 2.30. The summed E-state index contributed by atoms with van der Waals surface area (Å²) in [7, 11) is 0. The monoisotopic (exact) mass is 298 g/mol. The Balaban J connectivity index is 2.30. The maximum atomic E-state index is 13.4. The highest BCUT2D eigenvalue weighted by Gasteiger charge is 2.25. The lowest BCUT2D eigenvalue weighted by Gasteiger charge is -2.24. The van der Waals surface area contributed by atoms with Crippen molar-refractivity contribution in [1.82, 2.24) is 0 Å². The van der Waals surface area contributed by atoms with Crippen LogP contribution in [0.15, 0.2) is 42.5 Å². The minimum atomic E-state index is -1.14. The van der Waals surface area contributed by atoms with Gasteiger partial charge >= 0.3 is 0 Å². The summed E-state index contributed by atoms with van der Waals surface area (Å²) in [6, 6.07) is 11.5. The molecule has 0 fully saturated rings. The summed E-state index contributed by atoms with van der Waals surface area (Å²) >= 11 is 11.7. The van der Waals surface area contributed by atoms with E-state index in [1.807, 2.05) is 0 Å². The summed E-state index contributed by atoms with van der Waals surface area (Å²) in [5.74, 6) is -0.480. The summed E-state index contributed by atoms with van der Waals surface area (Å²) in [4.78, 5) is 0. The zero-order chi connectivity index (χ0) is 14.0. The van der Waals surface area contributed by atoms with E-state index in [1.165, 1.54) is 6.07 Å². The number of hydrogen-bond donors (Lipinski definition) is 1. The van der Waals surface area contributed by atoms with E-state index in [2.05, 4.69) is 0 Å². The molecule has 0 spiro atoms. The minimum Gasteiger partial charge on any atom is -0.385 e. The predicted octanol–water partition coefficient (Wildman–Crippen LogP) is 4.58. The van der Waals surface area contributed by atoms with Crippen LogP contribution in [0.3, 0.4) is 0 Å².